The number of halogens is 2. The average Bonchev–Trinajstić information content (AvgIpc) is 2.29. The van der Waals surface area contributed by atoms with Crippen molar-refractivity contribution >= 4 is 5.69 Å². The molecule has 0 aliphatic heterocycles. The molecule has 0 saturated heterocycles. The summed E-state index contributed by atoms with van der Waals surface area (Å²) in [7, 11) is 0. The number of anilines is 1. The third-order valence-corrected chi connectivity index (χ3v) is 2.40. The summed E-state index contributed by atoms with van der Waals surface area (Å²) in [5, 5.41) is 8.73. The van der Waals surface area contributed by atoms with Crippen LogP contribution in [0.2, 0.25) is 0 Å². The molecular formula is C13H8F2N2. The fraction of sp³-hybridized carbons (Fsp3) is 0. The summed E-state index contributed by atoms with van der Waals surface area (Å²) >= 11 is 0. The van der Waals surface area contributed by atoms with E-state index < -0.39 is 11.6 Å². The lowest BCUT2D eigenvalue weighted by molar-refractivity contribution is 0.624. The second kappa shape index (κ2) is 4.22. The minimum Gasteiger partial charge on any atom is -0.398 e. The van der Waals surface area contributed by atoms with Crippen molar-refractivity contribution in [2.24, 2.45) is 0 Å². The first-order chi connectivity index (χ1) is 8.11. The first-order valence-electron chi connectivity index (χ1n) is 4.87. The highest BCUT2D eigenvalue weighted by molar-refractivity contribution is 5.77. The van der Waals surface area contributed by atoms with E-state index in [-0.39, 0.29) is 11.3 Å². The number of rotatable bonds is 1. The van der Waals surface area contributed by atoms with Gasteiger partial charge in [-0.2, -0.15) is 5.26 Å². The van der Waals surface area contributed by atoms with Gasteiger partial charge >= 0.3 is 0 Å². The van der Waals surface area contributed by atoms with Crippen LogP contribution in [0.4, 0.5) is 14.5 Å². The Morgan fingerprint density at radius 3 is 2.53 bits per heavy atom. The molecule has 0 heterocycles. The van der Waals surface area contributed by atoms with Crippen molar-refractivity contribution in [2.75, 3.05) is 5.73 Å². The summed E-state index contributed by atoms with van der Waals surface area (Å²) in [6.07, 6.45) is 0. The molecule has 0 aliphatic carbocycles. The summed E-state index contributed by atoms with van der Waals surface area (Å²) < 4.78 is 26.3. The smallest absolute Gasteiger partial charge is 0.143 e. The van der Waals surface area contributed by atoms with E-state index in [1.54, 1.807) is 12.1 Å². The van der Waals surface area contributed by atoms with Gasteiger partial charge in [0, 0.05) is 11.3 Å². The van der Waals surface area contributed by atoms with E-state index in [2.05, 4.69) is 0 Å². The van der Waals surface area contributed by atoms with Crippen molar-refractivity contribution in [3.05, 3.63) is 53.6 Å². The van der Waals surface area contributed by atoms with Crippen LogP contribution in [0.25, 0.3) is 11.1 Å². The van der Waals surface area contributed by atoms with Gasteiger partial charge in [0.2, 0.25) is 0 Å². The van der Waals surface area contributed by atoms with Gasteiger partial charge in [-0.1, -0.05) is 12.1 Å². The van der Waals surface area contributed by atoms with E-state index >= 15 is 0 Å². The van der Waals surface area contributed by atoms with Crippen LogP contribution in [-0.4, -0.2) is 0 Å². The largest absolute Gasteiger partial charge is 0.398 e. The number of nitriles is 1. The Morgan fingerprint density at radius 1 is 1.12 bits per heavy atom. The molecule has 17 heavy (non-hydrogen) atoms. The Kier molecular flexibility index (Phi) is 2.75. The summed E-state index contributed by atoms with van der Waals surface area (Å²) in [6, 6.07) is 9.87. The van der Waals surface area contributed by atoms with Crippen molar-refractivity contribution in [3.8, 4) is 17.2 Å². The molecule has 0 saturated carbocycles. The van der Waals surface area contributed by atoms with E-state index in [4.69, 9.17) is 11.0 Å². The van der Waals surface area contributed by atoms with Crippen LogP contribution in [0, 0.1) is 23.0 Å². The summed E-state index contributed by atoms with van der Waals surface area (Å²) in [6.45, 7) is 0. The van der Waals surface area contributed by atoms with E-state index in [0.29, 0.717) is 11.1 Å². The highest BCUT2D eigenvalue weighted by Crippen LogP contribution is 2.28. The van der Waals surface area contributed by atoms with Gasteiger partial charge in [0.15, 0.2) is 0 Å². The molecule has 0 amide bonds. The molecular weight excluding hydrogens is 222 g/mol. The molecule has 0 radical (unpaired) electrons. The van der Waals surface area contributed by atoms with Crippen molar-refractivity contribution in [1.82, 2.24) is 0 Å². The van der Waals surface area contributed by atoms with E-state index in [9.17, 15) is 8.78 Å². The second-order valence-electron chi connectivity index (χ2n) is 3.54. The number of hydrogen-bond donors (Lipinski definition) is 1. The SMILES string of the molecule is N#Cc1cc(-c2cccc(F)c2)c(N)cc1F. The first-order valence-corrected chi connectivity index (χ1v) is 4.87. The second-order valence-corrected chi connectivity index (χ2v) is 3.54. The summed E-state index contributed by atoms with van der Waals surface area (Å²) in [5.41, 5.74) is 6.68. The van der Waals surface area contributed by atoms with Gasteiger partial charge in [0.1, 0.15) is 17.7 Å². The van der Waals surface area contributed by atoms with Gasteiger partial charge in [-0.05, 0) is 29.8 Å². The van der Waals surface area contributed by atoms with Gasteiger partial charge in [0.05, 0.1) is 5.56 Å². The lowest BCUT2D eigenvalue weighted by atomic mass is 10.0. The van der Waals surface area contributed by atoms with E-state index in [1.165, 1.54) is 24.3 Å². The standard InChI is InChI=1S/C13H8F2N2/c14-10-3-1-2-8(4-10)11-5-9(7-16)12(15)6-13(11)17/h1-6H,17H2. The predicted molar refractivity (Wildman–Crippen MR) is 60.9 cm³/mol. The number of nitrogen functional groups attached to an aromatic ring is 1. The normalized spacial score (nSPS) is 9.94. The molecule has 0 bridgehead atoms. The van der Waals surface area contributed by atoms with Crippen molar-refractivity contribution in [3.63, 3.8) is 0 Å². The van der Waals surface area contributed by atoms with Gasteiger partial charge in [-0.3, -0.25) is 0 Å². The molecule has 0 aromatic heterocycles. The van der Waals surface area contributed by atoms with Crippen LogP contribution in [0.3, 0.4) is 0 Å². The lowest BCUT2D eigenvalue weighted by Crippen LogP contribution is -1.94. The van der Waals surface area contributed by atoms with Crippen LogP contribution >= 0.6 is 0 Å². The molecule has 2 nitrogen and oxygen atoms in total. The molecule has 0 fully saturated rings. The monoisotopic (exact) mass is 230 g/mol. The maximum absolute atomic E-state index is 13.2. The zero-order valence-electron chi connectivity index (χ0n) is 8.74. The highest BCUT2D eigenvalue weighted by atomic mass is 19.1. The van der Waals surface area contributed by atoms with Crippen molar-refractivity contribution < 1.29 is 8.78 Å². The Hall–Kier alpha value is -2.41. The Morgan fingerprint density at radius 2 is 1.88 bits per heavy atom. The zero-order chi connectivity index (χ0) is 12.4. The number of nitrogens with zero attached hydrogens (tertiary/aromatic N) is 1. The molecule has 4 heteroatoms. The fourth-order valence-electron chi connectivity index (χ4n) is 1.58. The molecule has 0 unspecified atom stereocenters. The Bertz CT molecular complexity index is 615. The summed E-state index contributed by atoms with van der Waals surface area (Å²) in [4.78, 5) is 0. The van der Waals surface area contributed by atoms with Gasteiger partial charge in [-0.15, -0.1) is 0 Å². The summed E-state index contributed by atoms with van der Waals surface area (Å²) in [5.74, 6) is -1.09. The molecule has 84 valence electrons. The van der Waals surface area contributed by atoms with Gasteiger partial charge in [0.25, 0.3) is 0 Å². The van der Waals surface area contributed by atoms with Crippen LogP contribution in [0.5, 0.6) is 0 Å². The Labute approximate surface area is 96.9 Å². The quantitative estimate of drug-likeness (QED) is 0.765. The van der Waals surface area contributed by atoms with E-state index in [0.717, 1.165) is 6.07 Å². The first kappa shape index (κ1) is 11.1. The van der Waals surface area contributed by atoms with Crippen LogP contribution in [0.1, 0.15) is 5.56 Å². The molecule has 2 N–H and O–H groups in total. The molecule has 2 aromatic rings. The molecule has 2 rings (SSSR count). The Balaban J connectivity index is 2.64. The van der Waals surface area contributed by atoms with Crippen molar-refractivity contribution in [1.29, 1.82) is 5.26 Å². The van der Waals surface area contributed by atoms with Crippen LogP contribution in [0.15, 0.2) is 36.4 Å². The number of hydrogen-bond acceptors (Lipinski definition) is 2. The third kappa shape index (κ3) is 2.08. The maximum atomic E-state index is 13.2. The molecule has 0 spiro atoms. The van der Waals surface area contributed by atoms with Gasteiger partial charge in [-0.25, -0.2) is 8.78 Å². The van der Waals surface area contributed by atoms with Crippen LogP contribution < -0.4 is 5.73 Å². The number of benzene rings is 2. The molecule has 0 aliphatic rings. The fourth-order valence-corrected chi connectivity index (χ4v) is 1.58. The van der Waals surface area contributed by atoms with Gasteiger partial charge < -0.3 is 5.73 Å². The minimum absolute atomic E-state index is 0.113. The van der Waals surface area contributed by atoms with Crippen molar-refractivity contribution in [2.45, 2.75) is 0 Å². The maximum Gasteiger partial charge on any atom is 0.143 e. The third-order valence-electron chi connectivity index (χ3n) is 2.40. The molecule has 2 aromatic carbocycles. The zero-order valence-corrected chi connectivity index (χ0v) is 8.74. The highest BCUT2D eigenvalue weighted by Gasteiger charge is 2.09. The van der Waals surface area contributed by atoms with E-state index in [1.807, 2.05) is 0 Å². The van der Waals surface area contributed by atoms with Crippen LogP contribution in [-0.2, 0) is 0 Å². The number of nitrogens with two attached hydrogens (primary N) is 1. The average molecular weight is 230 g/mol. The lowest BCUT2D eigenvalue weighted by Gasteiger charge is -2.07. The minimum atomic E-state index is -0.676. The predicted octanol–water partition coefficient (Wildman–Crippen LogP) is 3.09. The topological polar surface area (TPSA) is 49.8 Å². The molecule has 0 atom stereocenters.